The van der Waals surface area contributed by atoms with Gasteiger partial charge < -0.3 is 16.0 Å². The molecule has 0 aromatic carbocycles. The summed E-state index contributed by atoms with van der Waals surface area (Å²) in [5.41, 5.74) is 6.46. The van der Waals surface area contributed by atoms with Crippen LogP contribution in [0.1, 0.15) is 36.2 Å². The minimum atomic E-state index is -0.103. The highest BCUT2D eigenvalue weighted by Crippen LogP contribution is 2.24. The van der Waals surface area contributed by atoms with Gasteiger partial charge in [0.2, 0.25) is 5.91 Å². The molecule has 3 N–H and O–H groups in total. The van der Waals surface area contributed by atoms with Crippen molar-refractivity contribution < 1.29 is 9.59 Å². The third kappa shape index (κ3) is 6.10. The number of nitrogens with two attached hydrogens (primary N) is 1. The minimum Gasteiger partial charge on any atom is -0.354 e. The van der Waals surface area contributed by atoms with E-state index in [9.17, 15) is 9.59 Å². The Morgan fingerprint density at radius 3 is 2.82 bits per heavy atom. The SMILES string of the molecule is Cl.Cl.NCCC(=O)NCC1CCCCN1C(=O)c1csc(-c2cnccn2)n1. The molecule has 0 spiro atoms. The van der Waals surface area contributed by atoms with Crippen molar-refractivity contribution in [2.24, 2.45) is 5.73 Å². The van der Waals surface area contributed by atoms with Crippen LogP contribution in [0.25, 0.3) is 10.7 Å². The molecule has 28 heavy (non-hydrogen) atoms. The fourth-order valence-corrected chi connectivity index (χ4v) is 3.73. The maximum Gasteiger partial charge on any atom is 0.273 e. The second-order valence-electron chi connectivity index (χ2n) is 6.12. The number of nitrogens with one attached hydrogen (secondary N) is 1. The summed E-state index contributed by atoms with van der Waals surface area (Å²) in [6, 6.07) is -0.0142. The molecule has 2 amide bonds. The van der Waals surface area contributed by atoms with Gasteiger partial charge in [-0.05, 0) is 19.3 Å². The third-order valence-corrected chi connectivity index (χ3v) is 5.16. The highest BCUT2D eigenvalue weighted by molar-refractivity contribution is 7.13. The van der Waals surface area contributed by atoms with E-state index >= 15 is 0 Å². The molecule has 1 aliphatic rings. The van der Waals surface area contributed by atoms with E-state index in [0.717, 1.165) is 19.3 Å². The van der Waals surface area contributed by atoms with Gasteiger partial charge in [-0.15, -0.1) is 36.2 Å². The monoisotopic (exact) mass is 446 g/mol. The van der Waals surface area contributed by atoms with Gasteiger partial charge >= 0.3 is 0 Å². The number of carbonyl (C=O) groups is 2. The molecule has 8 nitrogen and oxygen atoms in total. The summed E-state index contributed by atoms with van der Waals surface area (Å²) in [7, 11) is 0. The van der Waals surface area contributed by atoms with Gasteiger partial charge in [0.1, 0.15) is 16.4 Å². The minimum absolute atomic E-state index is 0. The van der Waals surface area contributed by atoms with Crippen LogP contribution in [-0.2, 0) is 4.79 Å². The lowest BCUT2D eigenvalue weighted by atomic mass is 10.0. The first-order chi connectivity index (χ1) is 12.7. The Kier molecular flexibility index (Phi) is 10.3. The number of aromatic nitrogens is 3. The van der Waals surface area contributed by atoms with E-state index in [2.05, 4.69) is 20.3 Å². The van der Waals surface area contributed by atoms with Crippen molar-refractivity contribution in [3.05, 3.63) is 29.7 Å². The van der Waals surface area contributed by atoms with E-state index in [4.69, 9.17) is 5.73 Å². The lowest BCUT2D eigenvalue weighted by Crippen LogP contribution is -2.49. The summed E-state index contributed by atoms with van der Waals surface area (Å²) < 4.78 is 0. The normalized spacial score (nSPS) is 15.9. The van der Waals surface area contributed by atoms with Crippen LogP contribution in [0, 0.1) is 0 Å². The average molecular weight is 447 g/mol. The molecular formula is C17H24Cl2N6O2S. The predicted molar refractivity (Wildman–Crippen MR) is 113 cm³/mol. The number of halogens is 2. The maximum absolute atomic E-state index is 12.9. The van der Waals surface area contributed by atoms with Crippen LogP contribution < -0.4 is 11.1 Å². The van der Waals surface area contributed by atoms with Gasteiger partial charge in [-0.2, -0.15) is 0 Å². The molecule has 1 aliphatic heterocycles. The molecule has 0 bridgehead atoms. The molecule has 3 rings (SSSR count). The molecule has 1 unspecified atom stereocenters. The van der Waals surface area contributed by atoms with Crippen LogP contribution in [0.15, 0.2) is 24.0 Å². The number of hydrogen-bond acceptors (Lipinski definition) is 7. The first-order valence-corrected chi connectivity index (χ1v) is 9.56. The largest absolute Gasteiger partial charge is 0.354 e. The van der Waals surface area contributed by atoms with E-state index in [1.165, 1.54) is 11.3 Å². The van der Waals surface area contributed by atoms with E-state index in [0.29, 0.717) is 42.5 Å². The van der Waals surface area contributed by atoms with E-state index in [1.54, 1.807) is 24.0 Å². The summed E-state index contributed by atoms with van der Waals surface area (Å²) in [6.45, 7) is 1.45. The Hall–Kier alpha value is -1.81. The van der Waals surface area contributed by atoms with Crippen LogP contribution in [-0.4, -0.2) is 57.3 Å². The molecule has 1 fully saturated rings. The molecule has 0 radical (unpaired) electrons. The van der Waals surface area contributed by atoms with Gasteiger partial charge in [0, 0.05) is 49.9 Å². The molecule has 1 saturated heterocycles. The molecular weight excluding hydrogens is 423 g/mol. The van der Waals surface area contributed by atoms with Crippen LogP contribution in [0.2, 0.25) is 0 Å². The van der Waals surface area contributed by atoms with Gasteiger partial charge in [0.05, 0.1) is 6.20 Å². The van der Waals surface area contributed by atoms with Gasteiger partial charge in [0.15, 0.2) is 0 Å². The van der Waals surface area contributed by atoms with Gasteiger partial charge in [0.25, 0.3) is 5.91 Å². The lowest BCUT2D eigenvalue weighted by Gasteiger charge is -2.35. The zero-order chi connectivity index (χ0) is 18.4. The number of piperidine rings is 1. The molecule has 11 heteroatoms. The second kappa shape index (κ2) is 11.9. The van der Waals surface area contributed by atoms with Crippen LogP contribution >= 0.6 is 36.2 Å². The maximum atomic E-state index is 12.9. The third-order valence-electron chi connectivity index (χ3n) is 4.30. The quantitative estimate of drug-likeness (QED) is 0.699. The summed E-state index contributed by atoms with van der Waals surface area (Å²) >= 11 is 1.38. The highest BCUT2D eigenvalue weighted by atomic mass is 35.5. The molecule has 2 aromatic rings. The summed E-state index contributed by atoms with van der Waals surface area (Å²) in [6.07, 6.45) is 8.00. The number of nitrogens with zero attached hydrogens (tertiary/aromatic N) is 4. The molecule has 0 saturated carbocycles. The van der Waals surface area contributed by atoms with E-state index in [1.807, 2.05) is 4.90 Å². The Morgan fingerprint density at radius 2 is 2.11 bits per heavy atom. The number of amides is 2. The van der Waals surface area contributed by atoms with Crippen LogP contribution in [0.4, 0.5) is 0 Å². The van der Waals surface area contributed by atoms with E-state index in [-0.39, 0.29) is 42.7 Å². The predicted octanol–water partition coefficient (Wildman–Crippen LogP) is 1.90. The van der Waals surface area contributed by atoms with Crippen LogP contribution in [0.5, 0.6) is 0 Å². The van der Waals surface area contributed by atoms with Crippen molar-refractivity contribution in [3.63, 3.8) is 0 Å². The van der Waals surface area contributed by atoms with Crippen molar-refractivity contribution >= 4 is 48.0 Å². The van der Waals surface area contributed by atoms with Crippen molar-refractivity contribution in [1.29, 1.82) is 0 Å². The number of carbonyl (C=O) groups excluding carboxylic acids is 2. The summed E-state index contributed by atoms with van der Waals surface area (Å²) in [5, 5.41) is 5.30. The summed E-state index contributed by atoms with van der Waals surface area (Å²) in [5.74, 6) is -0.182. The Morgan fingerprint density at radius 1 is 1.29 bits per heavy atom. The first-order valence-electron chi connectivity index (χ1n) is 8.68. The Balaban J connectivity index is 0.00000196. The molecule has 1 atom stereocenters. The molecule has 0 aliphatic carbocycles. The van der Waals surface area contributed by atoms with Gasteiger partial charge in [-0.3, -0.25) is 19.6 Å². The zero-order valence-electron chi connectivity index (χ0n) is 15.2. The fourth-order valence-electron chi connectivity index (χ4n) is 2.98. The Labute approximate surface area is 180 Å². The highest BCUT2D eigenvalue weighted by Gasteiger charge is 2.29. The van der Waals surface area contributed by atoms with Crippen LogP contribution in [0.3, 0.4) is 0 Å². The summed E-state index contributed by atoms with van der Waals surface area (Å²) in [4.78, 5) is 39.1. The van der Waals surface area contributed by atoms with Gasteiger partial charge in [-0.25, -0.2) is 4.98 Å². The standard InChI is InChI=1S/C17H22N6O2S.2ClH/c18-5-4-15(24)21-9-12-3-1-2-8-23(12)17(25)14-11-26-16(22-14)13-10-19-6-7-20-13;;/h6-7,10-12H,1-5,8-9,18H2,(H,21,24);2*1H. The van der Waals surface area contributed by atoms with E-state index < -0.39 is 0 Å². The zero-order valence-corrected chi connectivity index (χ0v) is 17.7. The second-order valence-corrected chi connectivity index (χ2v) is 6.98. The van der Waals surface area contributed by atoms with Crippen molar-refractivity contribution in [1.82, 2.24) is 25.2 Å². The van der Waals surface area contributed by atoms with Gasteiger partial charge in [-0.1, -0.05) is 0 Å². The average Bonchev–Trinajstić information content (AvgIpc) is 3.17. The smallest absolute Gasteiger partial charge is 0.273 e. The molecule has 2 aromatic heterocycles. The Bertz CT molecular complexity index is 761. The van der Waals surface area contributed by atoms with Crippen molar-refractivity contribution in [2.75, 3.05) is 19.6 Å². The van der Waals surface area contributed by atoms with Crippen molar-refractivity contribution in [2.45, 2.75) is 31.7 Å². The topological polar surface area (TPSA) is 114 Å². The fraction of sp³-hybridized carbons (Fsp3) is 0.471. The first kappa shape index (κ1) is 24.2. The lowest BCUT2D eigenvalue weighted by molar-refractivity contribution is -0.121. The van der Waals surface area contributed by atoms with Crippen molar-refractivity contribution in [3.8, 4) is 10.7 Å². The number of hydrogen-bond donors (Lipinski definition) is 2. The number of likely N-dealkylation sites (tertiary alicyclic amines) is 1. The number of rotatable bonds is 6. The number of thiazole rings is 1. The molecule has 154 valence electrons. The molecule has 3 heterocycles.